The van der Waals surface area contributed by atoms with Crippen LogP contribution in [-0.4, -0.2) is 26.0 Å². The summed E-state index contributed by atoms with van der Waals surface area (Å²) in [6.07, 6.45) is 0. The third-order valence-electron chi connectivity index (χ3n) is 2.88. The predicted octanol–water partition coefficient (Wildman–Crippen LogP) is 2.87. The van der Waals surface area contributed by atoms with E-state index in [2.05, 4.69) is 5.32 Å². The lowest BCUT2D eigenvalue weighted by atomic mass is 10.1. The predicted molar refractivity (Wildman–Crippen MR) is 74.8 cm³/mol. The number of Topliss-reactive ketones (excluding diaryl/α,β-unsaturated/α-hetero) is 1. The zero-order valence-electron chi connectivity index (χ0n) is 11.5. The first-order valence-corrected chi connectivity index (χ1v) is 6.47. The van der Waals surface area contributed by atoms with E-state index < -0.39 is 0 Å². The Labute approximate surface area is 112 Å². The van der Waals surface area contributed by atoms with E-state index in [0.29, 0.717) is 18.0 Å². The third kappa shape index (κ3) is 3.15. The lowest BCUT2D eigenvalue weighted by Crippen LogP contribution is -2.15. The van der Waals surface area contributed by atoms with E-state index in [1.165, 1.54) is 0 Å². The molecule has 0 radical (unpaired) electrons. The van der Waals surface area contributed by atoms with Crippen LogP contribution in [0.15, 0.2) is 28.7 Å². The van der Waals surface area contributed by atoms with Crippen LogP contribution in [0.2, 0.25) is 0 Å². The summed E-state index contributed by atoms with van der Waals surface area (Å²) in [6, 6.07) is 7.36. The number of furan rings is 1. The van der Waals surface area contributed by atoms with E-state index in [-0.39, 0.29) is 11.7 Å². The van der Waals surface area contributed by atoms with Crippen LogP contribution in [0, 0.1) is 5.92 Å². The molecule has 0 unspecified atom stereocenters. The summed E-state index contributed by atoms with van der Waals surface area (Å²) in [5, 5.41) is 3.91. The summed E-state index contributed by atoms with van der Waals surface area (Å²) in [5.41, 5.74) is 0.713. The van der Waals surface area contributed by atoms with Crippen molar-refractivity contribution in [3.63, 3.8) is 0 Å². The second-order valence-electron chi connectivity index (χ2n) is 4.78. The monoisotopic (exact) mass is 261 g/mol. The maximum Gasteiger partial charge on any atom is 0.200 e. The number of fused-ring (bicyclic) bond motifs is 1. The molecule has 2 rings (SSSR count). The van der Waals surface area contributed by atoms with Crippen molar-refractivity contribution in [3.8, 4) is 5.75 Å². The van der Waals surface area contributed by atoms with E-state index >= 15 is 0 Å². The molecule has 0 bridgehead atoms. The highest BCUT2D eigenvalue weighted by atomic mass is 16.5. The van der Waals surface area contributed by atoms with Crippen LogP contribution in [-0.2, 0) is 0 Å². The standard InChI is InChI=1S/C15H19NO3/c1-10(2)15(17)14-9-11-8-12(18-7-6-16-3)4-5-13(11)19-14/h4-5,8-10,16H,6-7H2,1-3H3. The molecule has 0 amide bonds. The molecule has 0 fully saturated rings. The molecule has 4 heteroatoms. The molecule has 0 spiro atoms. The molecule has 102 valence electrons. The fraction of sp³-hybridized carbons (Fsp3) is 0.400. The number of hydrogen-bond acceptors (Lipinski definition) is 4. The highest BCUT2D eigenvalue weighted by molar-refractivity contribution is 5.98. The molecule has 4 nitrogen and oxygen atoms in total. The van der Waals surface area contributed by atoms with Crippen molar-refractivity contribution in [2.45, 2.75) is 13.8 Å². The smallest absolute Gasteiger partial charge is 0.200 e. The quantitative estimate of drug-likeness (QED) is 0.641. The first-order valence-electron chi connectivity index (χ1n) is 6.47. The normalized spacial score (nSPS) is 11.2. The van der Waals surface area contributed by atoms with Crippen molar-refractivity contribution < 1.29 is 13.9 Å². The molecule has 0 saturated carbocycles. The summed E-state index contributed by atoms with van der Waals surface area (Å²) in [7, 11) is 1.88. The van der Waals surface area contributed by atoms with Gasteiger partial charge in [-0.2, -0.15) is 0 Å². The molecule has 2 aromatic rings. The molecular weight excluding hydrogens is 242 g/mol. The van der Waals surface area contributed by atoms with Gasteiger partial charge < -0.3 is 14.5 Å². The Morgan fingerprint density at radius 1 is 1.37 bits per heavy atom. The number of likely N-dealkylation sites (N-methyl/N-ethyl adjacent to an activating group) is 1. The summed E-state index contributed by atoms with van der Waals surface area (Å²) < 4.78 is 11.1. The van der Waals surface area contributed by atoms with E-state index in [9.17, 15) is 4.79 Å². The van der Waals surface area contributed by atoms with E-state index in [1.807, 2.05) is 39.1 Å². The number of hydrogen-bond donors (Lipinski definition) is 1. The first kappa shape index (κ1) is 13.6. The minimum Gasteiger partial charge on any atom is -0.492 e. The van der Waals surface area contributed by atoms with Crippen LogP contribution >= 0.6 is 0 Å². The minimum absolute atomic E-state index is 0.0221. The van der Waals surface area contributed by atoms with Crippen molar-refractivity contribution >= 4 is 16.8 Å². The highest BCUT2D eigenvalue weighted by Crippen LogP contribution is 2.25. The fourth-order valence-corrected chi connectivity index (χ4v) is 1.79. The van der Waals surface area contributed by atoms with Gasteiger partial charge in [-0.25, -0.2) is 0 Å². The Kier molecular flexibility index (Phi) is 4.22. The van der Waals surface area contributed by atoms with Gasteiger partial charge in [0.05, 0.1) is 0 Å². The molecule has 0 aliphatic heterocycles. The van der Waals surface area contributed by atoms with Crippen LogP contribution in [0.5, 0.6) is 5.75 Å². The van der Waals surface area contributed by atoms with Gasteiger partial charge in [0, 0.05) is 17.8 Å². The molecular formula is C15H19NO3. The first-order chi connectivity index (χ1) is 9.11. The van der Waals surface area contributed by atoms with Gasteiger partial charge in [-0.1, -0.05) is 13.8 Å². The summed E-state index contributed by atoms with van der Waals surface area (Å²) >= 11 is 0. The van der Waals surface area contributed by atoms with Gasteiger partial charge in [-0.15, -0.1) is 0 Å². The van der Waals surface area contributed by atoms with Gasteiger partial charge in [-0.3, -0.25) is 4.79 Å². The number of benzene rings is 1. The second kappa shape index (κ2) is 5.89. The summed E-state index contributed by atoms with van der Waals surface area (Å²) in [5.74, 6) is 1.16. The maximum absolute atomic E-state index is 11.9. The van der Waals surface area contributed by atoms with Gasteiger partial charge in [0.25, 0.3) is 0 Å². The van der Waals surface area contributed by atoms with Crippen LogP contribution in [0.1, 0.15) is 24.4 Å². The van der Waals surface area contributed by atoms with Crippen molar-refractivity contribution in [2.24, 2.45) is 5.92 Å². The van der Waals surface area contributed by atoms with Gasteiger partial charge in [0.15, 0.2) is 5.76 Å². The summed E-state index contributed by atoms with van der Waals surface area (Å²) in [6.45, 7) is 5.13. The number of carbonyl (C=O) groups is 1. The van der Waals surface area contributed by atoms with Gasteiger partial charge in [-0.05, 0) is 31.3 Å². The Morgan fingerprint density at radius 2 is 2.16 bits per heavy atom. The van der Waals surface area contributed by atoms with Gasteiger partial charge in [0.2, 0.25) is 5.78 Å². The number of rotatable bonds is 6. The lowest BCUT2D eigenvalue weighted by molar-refractivity contribution is 0.0913. The van der Waals surface area contributed by atoms with Crippen molar-refractivity contribution in [2.75, 3.05) is 20.2 Å². The zero-order valence-corrected chi connectivity index (χ0v) is 11.5. The summed E-state index contributed by atoms with van der Waals surface area (Å²) in [4.78, 5) is 11.9. The molecule has 1 aromatic carbocycles. The SMILES string of the molecule is CNCCOc1ccc2oc(C(=O)C(C)C)cc2c1. The molecule has 0 atom stereocenters. The zero-order chi connectivity index (χ0) is 13.8. The molecule has 19 heavy (non-hydrogen) atoms. The van der Waals surface area contributed by atoms with Crippen LogP contribution in [0.3, 0.4) is 0 Å². The van der Waals surface area contributed by atoms with Crippen LogP contribution < -0.4 is 10.1 Å². The second-order valence-corrected chi connectivity index (χ2v) is 4.78. The molecule has 1 N–H and O–H groups in total. The van der Waals surface area contributed by atoms with Gasteiger partial charge in [0.1, 0.15) is 17.9 Å². The Morgan fingerprint density at radius 3 is 2.84 bits per heavy atom. The van der Waals surface area contributed by atoms with Crippen molar-refractivity contribution in [3.05, 3.63) is 30.0 Å². The number of nitrogens with one attached hydrogen (secondary N) is 1. The molecule has 0 aliphatic rings. The molecule has 1 heterocycles. The van der Waals surface area contributed by atoms with Crippen LogP contribution in [0.25, 0.3) is 11.0 Å². The van der Waals surface area contributed by atoms with Crippen molar-refractivity contribution in [1.29, 1.82) is 0 Å². The third-order valence-corrected chi connectivity index (χ3v) is 2.88. The Hall–Kier alpha value is -1.81. The fourth-order valence-electron chi connectivity index (χ4n) is 1.79. The lowest BCUT2D eigenvalue weighted by Gasteiger charge is -2.04. The molecule has 0 saturated heterocycles. The van der Waals surface area contributed by atoms with Gasteiger partial charge >= 0.3 is 0 Å². The number of ketones is 1. The highest BCUT2D eigenvalue weighted by Gasteiger charge is 2.15. The van der Waals surface area contributed by atoms with E-state index in [4.69, 9.17) is 9.15 Å². The van der Waals surface area contributed by atoms with E-state index in [1.54, 1.807) is 6.07 Å². The number of ether oxygens (including phenoxy) is 1. The van der Waals surface area contributed by atoms with Crippen LogP contribution in [0.4, 0.5) is 0 Å². The average molecular weight is 261 g/mol. The minimum atomic E-state index is -0.0630. The topological polar surface area (TPSA) is 51.5 Å². The average Bonchev–Trinajstić information content (AvgIpc) is 2.81. The number of carbonyl (C=O) groups excluding carboxylic acids is 1. The molecule has 0 aliphatic carbocycles. The Bertz CT molecular complexity index is 572. The maximum atomic E-state index is 11.9. The van der Waals surface area contributed by atoms with E-state index in [0.717, 1.165) is 17.7 Å². The molecule has 1 aromatic heterocycles. The largest absolute Gasteiger partial charge is 0.492 e. The Balaban J connectivity index is 2.21. The van der Waals surface area contributed by atoms with Crippen molar-refractivity contribution in [1.82, 2.24) is 5.32 Å².